The zero-order valence-electron chi connectivity index (χ0n) is 13.7. The van der Waals surface area contributed by atoms with Gasteiger partial charge in [-0.1, -0.05) is 12.1 Å². The maximum Gasteiger partial charge on any atom is 0.260 e. The third-order valence-corrected chi connectivity index (χ3v) is 4.22. The maximum atomic E-state index is 12.4. The molecule has 0 unspecified atom stereocenters. The van der Waals surface area contributed by atoms with Crippen LogP contribution in [0.2, 0.25) is 0 Å². The SMILES string of the molecule is COc1ccccc1OCC(=O)N1CCc2c(C)nn(C)c2C1. The van der Waals surface area contributed by atoms with Crippen molar-refractivity contribution >= 4 is 5.91 Å². The van der Waals surface area contributed by atoms with Crippen molar-refractivity contribution < 1.29 is 14.3 Å². The smallest absolute Gasteiger partial charge is 0.260 e. The molecule has 3 rings (SSSR count). The van der Waals surface area contributed by atoms with Gasteiger partial charge in [-0.3, -0.25) is 9.48 Å². The Balaban J connectivity index is 1.64. The summed E-state index contributed by atoms with van der Waals surface area (Å²) in [6.07, 6.45) is 0.843. The summed E-state index contributed by atoms with van der Waals surface area (Å²) in [5.41, 5.74) is 3.43. The molecule has 122 valence electrons. The van der Waals surface area contributed by atoms with E-state index >= 15 is 0 Å². The number of carbonyl (C=O) groups is 1. The first kappa shape index (κ1) is 15.4. The van der Waals surface area contributed by atoms with E-state index in [0.717, 1.165) is 17.8 Å². The fourth-order valence-corrected chi connectivity index (χ4v) is 2.96. The molecule has 23 heavy (non-hydrogen) atoms. The number of nitrogens with zero attached hydrogens (tertiary/aromatic N) is 3. The molecule has 1 amide bonds. The molecule has 1 aromatic carbocycles. The highest BCUT2D eigenvalue weighted by Crippen LogP contribution is 2.26. The molecule has 0 bridgehead atoms. The van der Waals surface area contributed by atoms with E-state index in [1.165, 1.54) is 5.56 Å². The van der Waals surface area contributed by atoms with Crippen LogP contribution in [0.5, 0.6) is 11.5 Å². The lowest BCUT2D eigenvalue weighted by molar-refractivity contribution is -0.134. The van der Waals surface area contributed by atoms with E-state index in [2.05, 4.69) is 5.10 Å². The topological polar surface area (TPSA) is 56.6 Å². The van der Waals surface area contributed by atoms with Crippen molar-refractivity contribution in [2.45, 2.75) is 19.9 Å². The van der Waals surface area contributed by atoms with Gasteiger partial charge in [-0.15, -0.1) is 0 Å². The Morgan fingerprint density at radius 3 is 2.78 bits per heavy atom. The Morgan fingerprint density at radius 2 is 2.04 bits per heavy atom. The molecule has 0 fully saturated rings. The maximum absolute atomic E-state index is 12.4. The standard InChI is InChI=1S/C17H21N3O3/c1-12-13-8-9-20(10-14(13)19(2)18-12)17(21)11-23-16-7-5-4-6-15(16)22-3/h4-7H,8-11H2,1-3H3. The van der Waals surface area contributed by atoms with Crippen LogP contribution in [0.3, 0.4) is 0 Å². The number of amides is 1. The van der Waals surface area contributed by atoms with Gasteiger partial charge in [-0.05, 0) is 31.0 Å². The van der Waals surface area contributed by atoms with E-state index in [9.17, 15) is 4.79 Å². The number of rotatable bonds is 4. The van der Waals surface area contributed by atoms with E-state index < -0.39 is 0 Å². The summed E-state index contributed by atoms with van der Waals surface area (Å²) >= 11 is 0. The van der Waals surface area contributed by atoms with Crippen molar-refractivity contribution in [1.29, 1.82) is 0 Å². The molecule has 0 N–H and O–H groups in total. The molecule has 2 heterocycles. The summed E-state index contributed by atoms with van der Waals surface area (Å²) < 4.78 is 12.7. The Kier molecular flexibility index (Phi) is 4.23. The molecule has 0 radical (unpaired) electrons. The van der Waals surface area contributed by atoms with Gasteiger partial charge in [0, 0.05) is 13.6 Å². The number of aryl methyl sites for hydroxylation is 2. The van der Waals surface area contributed by atoms with E-state index in [0.29, 0.717) is 24.6 Å². The molecule has 0 aliphatic carbocycles. The second kappa shape index (κ2) is 6.32. The molecule has 2 aromatic rings. The van der Waals surface area contributed by atoms with E-state index in [-0.39, 0.29) is 12.5 Å². The fourth-order valence-electron chi connectivity index (χ4n) is 2.96. The molecular weight excluding hydrogens is 294 g/mol. The van der Waals surface area contributed by atoms with Crippen LogP contribution in [0, 0.1) is 6.92 Å². The largest absolute Gasteiger partial charge is 0.493 e. The van der Waals surface area contributed by atoms with Crippen molar-refractivity contribution in [2.24, 2.45) is 7.05 Å². The lowest BCUT2D eigenvalue weighted by Crippen LogP contribution is -2.39. The van der Waals surface area contributed by atoms with Crippen LogP contribution >= 0.6 is 0 Å². The molecule has 6 nitrogen and oxygen atoms in total. The number of hydrogen-bond donors (Lipinski definition) is 0. The van der Waals surface area contributed by atoms with Crippen molar-refractivity contribution in [3.8, 4) is 11.5 Å². The lowest BCUT2D eigenvalue weighted by Gasteiger charge is -2.27. The normalized spacial score (nSPS) is 13.6. The lowest BCUT2D eigenvalue weighted by atomic mass is 10.0. The monoisotopic (exact) mass is 315 g/mol. The van der Waals surface area contributed by atoms with Gasteiger partial charge in [-0.2, -0.15) is 5.10 Å². The average Bonchev–Trinajstić information content (AvgIpc) is 2.86. The molecule has 0 atom stereocenters. The number of para-hydroxylation sites is 2. The van der Waals surface area contributed by atoms with Gasteiger partial charge >= 0.3 is 0 Å². The number of benzene rings is 1. The molecule has 0 saturated heterocycles. The first-order valence-corrected chi connectivity index (χ1v) is 7.65. The average molecular weight is 315 g/mol. The van der Waals surface area contributed by atoms with Crippen molar-refractivity contribution in [2.75, 3.05) is 20.3 Å². The zero-order valence-corrected chi connectivity index (χ0v) is 13.7. The van der Waals surface area contributed by atoms with Crippen LogP contribution < -0.4 is 9.47 Å². The Morgan fingerprint density at radius 1 is 1.30 bits per heavy atom. The Labute approximate surface area is 135 Å². The van der Waals surface area contributed by atoms with Crippen molar-refractivity contribution in [3.63, 3.8) is 0 Å². The molecule has 1 aliphatic rings. The summed E-state index contributed by atoms with van der Waals surface area (Å²) in [4.78, 5) is 14.2. The zero-order chi connectivity index (χ0) is 16.4. The van der Waals surface area contributed by atoms with Gasteiger partial charge in [0.2, 0.25) is 0 Å². The van der Waals surface area contributed by atoms with E-state index in [1.54, 1.807) is 13.2 Å². The van der Waals surface area contributed by atoms with Crippen LogP contribution in [0.25, 0.3) is 0 Å². The van der Waals surface area contributed by atoms with Crippen LogP contribution in [-0.2, 0) is 24.8 Å². The minimum absolute atomic E-state index is 0.00649. The Hall–Kier alpha value is -2.50. The van der Waals surface area contributed by atoms with Crippen LogP contribution in [0.4, 0.5) is 0 Å². The van der Waals surface area contributed by atoms with Crippen LogP contribution in [-0.4, -0.2) is 40.8 Å². The van der Waals surface area contributed by atoms with Crippen LogP contribution in [0.1, 0.15) is 17.0 Å². The van der Waals surface area contributed by atoms with Gasteiger partial charge in [0.25, 0.3) is 5.91 Å². The third-order valence-electron chi connectivity index (χ3n) is 4.22. The minimum Gasteiger partial charge on any atom is -0.493 e. The molecule has 0 saturated carbocycles. The quantitative estimate of drug-likeness (QED) is 0.862. The predicted octanol–water partition coefficient (Wildman–Crippen LogP) is 1.70. The van der Waals surface area contributed by atoms with Gasteiger partial charge < -0.3 is 14.4 Å². The van der Waals surface area contributed by atoms with Gasteiger partial charge in [0.1, 0.15) is 0 Å². The van der Waals surface area contributed by atoms with Gasteiger partial charge in [0.15, 0.2) is 18.1 Å². The summed E-state index contributed by atoms with van der Waals surface area (Å²) in [6, 6.07) is 7.33. The molecule has 0 spiro atoms. The predicted molar refractivity (Wildman–Crippen MR) is 85.6 cm³/mol. The highest BCUT2D eigenvalue weighted by Gasteiger charge is 2.25. The molecular formula is C17H21N3O3. The molecule has 1 aliphatic heterocycles. The van der Waals surface area contributed by atoms with E-state index in [1.807, 2.05) is 41.8 Å². The summed E-state index contributed by atoms with van der Waals surface area (Å²) in [5, 5.41) is 4.43. The number of methoxy groups -OCH3 is 1. The number of aromatic nitrogens is 2. The number of fused-ring (bicyclic) bond motifs is 1. The summed E-state index contributed by atoms with van der Waals surface area (Å²) in [7, 11) is 3.51. The minimum atomic E-state index is -0.0274. The van der Waals surface area contributed by atoms with E-state index in [4.69, 9.17) is 9.47 Å². The highest BCUT2D eigenvalue weighted by atomic mass is 16.5. The molecule has 6 heteroatoms. The number of hydrogen-bond acceptors (Lipinski definition) is 4. The van der Waals surface area contributed by atoms with Gasteiger partial charge in [0.05, 0.1) is 25.0 Å². The van der Waals surface area contributed by atoms with Crippen molar-refractivity contribution in [1.82, 2.24) is 14.7 Å². The third kappa shape index (κ3) is 3.02. The summed E-state index contributed by atoms with van der Waals surface area (Å²) in [6.45, 7) is 3.31. The number of ether oxygens (including phenoxy) is 2. The number of carbonyl (C=O) groups excluding carboxylic acids is 1. The van der Waals surface area contributed by atoms with Gasteiger partial charge in [-0.25, -0.2) is 0 Å². The molecule has 1 aromatic heterocycles. The second-order valence-corrected chi connectivity index (χ2v) is 5.64. The first-order chi connectivity index (χ1) is 11.1. The second-order valence-electron chi connectivity index (χ2n) is 5.64. The van der Waals surface area contributed by atoms with Crippen molar-refractivity contribution in [3.05, 3.63) is 41.2 Å². The first-order valence-electron chi connectivity index (χ1n) is 7.65. The highest BCUT2D eigenvalue weighted by molar-refractivity contribution is 5.78. The summed E-state index contributed by atoms with van der Waals surface area (Å²) in [5.74, 6) is 1.18. The van der Waals surface area contributed by atoms with Crippen LogP contribution in [0.15, 0.2) is 24.3 Å². The fraction of sp³-hybridized carbons (Fsp3) is 0.412. The Bertz CT molecular complexity index is 724.